The molecule has 132 valence electrons. The van der Waals surface area contributed by atoms with Gasteiger partial charge in [0.05, 0.1) is 0 Å². The molecule has 0 aromatic carbocycles. The van der Waals surface area contributed by atoms with Crippen molar-refractivity contribution >= 4 is 42.8 Å². The summed E-state index contributed by atoms with van der Waals surface area (Å²) < 4.78 is 0. The Labute approximate surface area is 137 Å². The van der Waals surface area contributed by atoms with Gasteiger partial charge in [0.2, 0.25) is 18.2 Å². The molecule has 3 amide bonds. The van der Waals surface area contributed by atoms with Crippen LogP contribution in [-0.2, 0) is 24.0 Å². The Balaban J connectivity index is 0. The van der Waals surface area contributed by atoms with Crippen molar-refractivity contribution in [3.63, 3.8) is 0 Å². The molecule has 0 aliphatic heterocycles. The number of amides is 3. The molecular formula is C11H20N4O7S. The van der Waals surface area contributed by atoms with Crippen LogP contribution in [0, 0.1) is 0 Å². The van der Waals surface area contributed by atoms with Crippen LogP contribution in [-0.4, -0.2) is 64.8 Å². The number of nitrogens with two attached hydrogens (primary N) is 2. The third-order valence-corrected chi connectivity index (χ3v) is 2.61. The van der Waals surface area contributed by atoms with Crippen LogP contribution in [0.15, 0.2) is 0 Å². The van der Waals surface area contributed by atoms with Crippen LogP contribution in [0.4, 0.5) is 0 Å². The lowest BCUT2D eigenvalue weighted by Gasteiger charge is -2.16. The molecular weight excluding hydrogens is 332 g/mol. The zero-order chi connectivity index (χ0) is 18.4. The molecule has 12 heteroatoms. The number of hydrogen-bond donors (Lipinski definition) is 7. The fraction of sp³-hybridized carbons (Fsp3) is 0.545. The van der Waals surface area contributed by atoms with Gasteiger partial charge in [0.25, 0.3) is 0 Å². The average Bonchev–Trinajstić information content (AvgIpc) is 2.48. The van der Waals surface area contributed by atoms with Crippen molar-refractivity contribution in [1.82, 2.24) is 10.6 Å². The average molecular weight is 352 g/mol. The predicted octanol–water partition coefficient (Wildman–Crippen LogP) is -3.10. The smallest absolute Gasteiger partial charge is 0.322 e. The molecule has 2 atom stereocenters. The van der Waals surface area contributed by atoms with Crippen LogP contribution in [0.1, 0.15) is 12.8 Å². The van der Waals surface area contributed by atoms with E-state index in [4.69, 9.17) is 20.7 Å². The molecule has 2 unspecified atom stereocenters. The lowest BCUT2D eigenvalue weighted by atomic mass is 10.1. The topological polar surface area (TPSA) is 202 Å². The lowest BCUT2D eigenvalue weighted by molar-refractivity contribution is -0.139. The molecule has 0 radical (unpaired) electrons. The standard InChI is InChI=1S/C10H17N3O6S.CH3NO/c11-5(10(18)19)1-2-7(14)13-6(4-20)9(17)12-3-8(15)16;2-1-3/h5-6,20H,1-4,11H2,(H,12,17)(H,13,14)(H,15,16)(H,18,19);1H,(H2,2,3). The highest BCUT2D eigenvalue weighted by atomic mass is 32.1. The first-order chi connectivity index (χ1) is 10.7. The highest BCUT2D eigenvalue weighted by Crippen LogP contribution is 1.97. The van der Waals surface area contributed by atoms with Gasteiger partial charge in [-0.05, 0) is 6.42 Å². The SMILES string of the molecule is NC(CCC(=O)NC(CS)C(=O)NCC(=O)O)C(=O)O.NC=O. The van der Waals surface area contributed by atoms with E-state index in [2.05, 4.69) is 29.0 Å². The summed E-state index contributed by atoms with van der Waals surface area (Å²) in [6, 6.07) is -2.15. The van der Waals surface area contributed by atoms with Crippen molar-refractivity contribution in [3.05, 3.63) is 0 Å². The maximum absolute atomic E-state index is 11.5. The Morgan fingerprint density at radius 3 is 2.13 bits per heavy atom. The van der Waals surface area contributed by atoms with Gasteiger partial charge in [0.1, 0.15) is 18.6 Å². The summed E-state index contributed by atoms with van der Waals surface area (Å²) in [7, 11) is 0. The van der Waals surface area contributed by atoms with Crippen molar-refractivity contribution in [3.8, 4) is 0 Å². The number of thiol groups is 1. The van der Waals surface area contributed by atoms with E-state index in [-0.39, 0.29) is 25.0 Å². The molecule has 0 fully saturated rings. The van der Waals surface area contributed by atoms with E-state index in [1.54, 1.807) is 0 Å². The van der Waals surface area contributed by atoms with Gasteiger partial charge in [-0.3, -0.25) is 24.0 Å². The number of rotatable bonds is 9. The normalized spacial score (nSPS) is 11.9. The monoisotopic (exact) mass is 352 g/mol. The van der Waals surface area contributed by atoms with E-state index >= 15 is 0 Å². The number of nitrogens with one attached hydrogen (secondary N) is 2. The minimum absolute atomic E-state index is 0.0256. The molecule has 23 heavy (non-hydrogen) atoms. The zero-order valence-corrected chi connectivity index (χ0v) is 13.0. The summed E-state index contributed by atoms with van der Waals surface area (Å²) in [5.41, 5.74) is 9.40. The molecule has 8 N–H and O–H groups in total. The van der Waals surface area contributed by atoms with Gasteiger partial charge in [-0.2, -0.15) is 12.6 Å². The minimum atomic E-state index is -1.22. The van der Waals surface area contributed by atoms with Gasteiger partial charge in [0, 0.05) is 12.2 Å². The van der Waals surface area contributed by atoms with E-state index in [1.165, 1.54) is 0 Å². The van der Waals surface area contributed by atoms with Gasteiger partial charge in [-0.25, -0.2) is 0 Å². The molecule has 0 saturated heterocycles. The van der Waals surface area contributed by atoms with E-state index in [9.17, 15) is 19.2 Å². The number of hydrogen-bond acceptors (Lipinski definition) is 7. The van der Waals surface area contributed by atoms with Gasteiger partial charge >= 0.3 is 11.9 Å². The van der Waals surface area contributed by atoms with Gasteiger partial charge in [0.15, 0.2) is 0 Å². The maximum atomic E-state index is 11.5. The third kappa shape index (κ3) is 13.1. The Morgan fingerprint density at radius 2 is 1.74 bits per heavy atom. The number of carbonyl (C=O) groups is 5. The van der Waals surface area contributed by atoms with Crippen LogP contribution < -0.4 is 22.1 Å². The van der Waals surface area contributed by atoms with Gasteiger partial charge in [-0.15, -0.1) is 0 Å². The fourth-order valence-corrected chi connectivity index (χ4v) is 1.41. The second kappa shape index (κ2) is 13.3. The molecule has 0 spiro atoms. The van der Waals surface area contributed by atoms with Crippen molar-refractivity contribution in [2.75, 3.05) is 12.3 Å². The van der Waals surface area contributed by atoms with Crippen molar-refractivity contribution in [2.45, 2.75) is 24.9 Å². The van der Waals surface area contributed by atoms with E-state index < -0.39 is 42.4 Å². The minimum Gasteiger partial charge on any atom is -0.480 e. The summed E-state index contributed by atoms with van der Waals surface area (Å²) in [4.78, 5) is 52.3. The fourth-order valence-electron chi connectivity index (χ4n) is 1.16. The van der Waals surface area contributed by atoms with Crippen molar-refractivity contribution in [2.24, 2.45) is 11.5 Å². The van der Waals surface area contributed by atoms with E-state index in [0.29, 0.717) is 0 Å². The second-order valence-electron chi connectivity index (χ2n) is 4.03. The Kier molecular flexibility index (Phi) is 13.3. The van der Waals surface area contributed by atoms with E-state index in [0.717, 1.165) is 0 Å². The van der Waals surface area contributed by atoms with Gasteiger partial charge in [-0.1, -0.05) is 0 Å². The van der Waals surface area contributed by atoms with Gasteiger partial charge < -0.3 is 32.3 Å². The number of carboxylic acid groups (broad SMARTS) is 2. The highest BCUT2D eigenvalue weighted by Gasteiger charge is 2.20. The summed E-state index contributed by atoms with van der Waals surface area (Å²) in [6.45, 7) is -0.567. The number of carbonyl (C=O) groups excluding carboxylic acids is 3. The molecule has 0 heterocycles. The van der Waals surface area contributed by atoms with Crippen molar-refractivity contribution < 1.29 is 34.2 Å². The second-order valence-corrected chi connectivity index (χ2v) is 4.40. The molecule has 0 aromatic rings. The molecule has 0 aliphatic carbocycles. The summed E-state index contributed by atoms with van der Waals surface area (Å²) >= 11 is 3.87. The van der Waals surface area contributed by atoms with E-state index in [1.807, 2.05) is 0 Å². The number of carboxylic acids is 2. The largest absolute Gasteiger partial charge is 0.480 e. The quantitative estimate of drug-likeness (QED) is 0.167. The lowest BCUT2D eigenvalue weighted by Crippen LogP contribution is -2.49. The molecule has 0 aromatic heterocycles. The zero-order valence-electron chi connectivity index (χ0n) is 12.1. The summed E-state index contributed by atoms with van der Waals surface area (Å²) in [6.07, 6.45) is 0.0150. The molecule has 0 bridgehead atoms. The third-order valence-electron chi connectivity index (χ3n) is 2.25. The van der Waals surface area contributed by atoms with Crippen LogP contribution in [0.3, 0.4) is 0 Å². The maximum Gasteiger partial charge on any atom is 0.322 e. The van der Waals surface area contributed by atoms with Crippen molar-refractivity contribution in [1.29, 1.82) is 0 Å². The highest BCUT2D eigenvalue weighted by molar-refractivity contribution is 7.80. The summed E-state index contributed by atoms with van der Waals surface area (Å²) in [5, 5.41) is 21.4. The van der Waals surface area contributed by atoms with Crippen LogP contribution in [0.25, 0.3) is 0 Å². The molecule has 0 rings (SSSR count). The Bertz CT molecular complexity index is 433. The molecule has 0 saturated carbocycles. The van der Waals surface area contributed by atoms with Crippen LogP contribution >= 0.6 is 12.6 Å². The molecule has 11 nitrogen and oxygen atoms in total. The first-order valence-electron chi connectivity index (χ1n) is 6.23. The Morgan fingerprint density at radius 1 is 1.22 bits per heavy atom. The molecule has 0 aliphatic rings. The summed E-state index contributed by atoms with van der Waals surface area (Å²) in [5.74, 6) is -3.70. The first kappa shape index (κ1) is 22.9. The predicted molar refractivity (Wildman–Crippen MR) is 81.5 cm³/mol. The first-order valence-corrected chi connectivity index (χ1v) is 6.86. The number of aliphatic carboxylic acids is 2. The Hall–Kier alpha value is -2.34. The number of primary amides is 1. The van der Waals surface area contributed by atoms with Crippen LogP contribution in [0.5, 0.6) is 0 Å². The van der Waals surface area contributed by atoms with Crippen LogP contribution in [0.2, 0.25) is 0 Å².